The second-order valence-corrected chi connectivity index (χ2v) is 5.50. The fourth-order valence-corrected chi connectivity index (χ4v) is 2.94. The van der Waals surface area contributed by atoms with E-state index in [1.165, 1.54) is 12.1 Å². The SMILES string of the molecule is CCC(CC)(C(O)Cc1ccc(F)cc1C)N(C)C. The second kappa shape index (κ2) is 6.49. The van der Waals surface area contributed by atoms with Gasteiger partial charge in [0.05, 0.1) is 6.10 Å². The van der Waals surface area contributed by atoms with E-state index in [2.05, 4.69) is 18.7 Å². The Hall–Kier alpha value is -0.930. The quantitative estimate of drug-likeness (QED) is 0.856. The van der Waals surface area contributed by atoms with Crippen LogP contribution in [0.1, 0.15) is 37.8 Å². The van der Waals surface area contributed by atoms with Gasteiger partial charge in [-0.2, -0.15) is 0 Å². The van der Waals surface area contributed by atoms with Gasteiger partial charge < -0.3 is 10.0 Å². The zero-order chi connectivity index (χ0) is 14.6. The maximum atomic E-state index is 13.1. The van der Waals surface area contributed by atoms with Gasteiger partial charge in [-0.05, 0) is 57.1 Å². The average molecular weight is 267 g/mol. The molecule has 1 aromatic rings. The molecule has 0 aliphatic carbocycles. The summed E-state index contributed by atoms with van der Waals surface area (Å²) < 4.78 is 13.1. The minimum absolute atomic E-state index is 0.221. The van der Waals surface area contributed by atoms with Gasteiger partial charge in [0.2, 0.25) is 0 Å². The number of nitrogens with zero attached hydrogens (tertiary/aromatic N) is 1. The summed E-state index contributed by atoms with van der Waals surface area (Å²) in [5.74, 6) is -0.222. The number of rotatable bonds is 6. The Bertz CT molecular complexity index is 413. The molecule has 108 valence electrons. The number of aliphatic hydroxyl groups excluding tert-OH is 1. The van der Waals surface area contributed by atoms with Crippen LogP contribution in [0.5, 0.6) is 0 Å². The van der Waals surface area contributed by atoms with E-state index in [0.29, 0.717) is 6.42 Å². The summed E-state index contributed by atoms with van der Waals surface area (Å²) in [5.41, 5.74) is 1.70. The molecule has 0 aliphatic rings. The molecule has 0 radical (unpaired) electrons. The topological polar surface area (TPSA) is 23.5 Å². The molecule has 1 N–H and O–H groups in total. The first-order chi connectivity index (χ1) is 8.87. The Kier molecular flexibility index (Phi) is 5.50. The van der Waals surface area contributed by atoms with Crippen molar-refractivity contribution in [1.29, 1.82) is 0 Å². The summed E-state index contributed by atoms with van der Waals surface area (Å²) >= 11 is 0. The summed E-state index contributed by atoms with van der Waals surface area (Å²) in [7, 11) is 4.02. The molecule has 0 aromatic heterocycles. The predicted molar refractivity (Wildman–Crippen MR) is 77.8 cm³/mol. The molecule has 1 rings (SSSR count). The van der Waals surface area contributed by atoms with Gasteiger partial charge in [-0.1, -0.05) is 19.9 Å². The molecule has 0 amide bonds. The fraction of sp³-hybridized carbons (Fsp3) is 0.625. The molecule has 0 saturated heterocycles. The van der Waals surface area contributed by atoms with E-state index in [1.807, 2.05) is 21.0 Å². The lowest BCUT2D eigenvalue weighted by atomic mass is 9.81. The van der Waals surface area contributed by atoms with Crippen molar-refractivity contribution in [2.24, 2.45) is 0 Å². The van der Waals surface area contributed by atoms with Gasteiger partial charge in [-0.25, -0.2) is 4.39 Å². The number of hydrogen-bond donors (Lipinski definition) is 1. The van der Waals surface area contributed by atoms with Crippen molar-refractivity contribution in [1.82, 2.24) is 4.90 Å². The van der Waals surface area contributed by atoms with Gasteiger partial charge in [0.1, 0.15) is 5.82 Å². The van der Waals surface area contributed by atoms with E-state index in [1.54, 1.807) is 6.07 Å². The lowest BCUT2D eigenvalue weighted by Crippen LogP contribution is -2.53. The standard InChI is InChI=1S/C16H26FNO/c1-6-16(7-2,18(4)5)15(19)11-13-8-9-14(17)10-12(13)3/h8-10,15,19H,6-7,11H2,1-5H3. The fourth-order valence-electron chi connectivity index (χ4n) is 2.94. The predicted octanol–water partition coefficient (Wildman–Crippen LogP) is 3.16. The van der Waals surface area contributed by atoms with Gasteiger partial charge >= 0.3 is 0 Å². The molecule has 0 saturated carbocycles. The zero-order valence-corrected chi connectivity index (χ0v) is 12.7. The van der Waals surface area contributed by atoms with E-state index in [9.17, 15) is 9.50 Å². The molecule has 1 aromatic carbocycles. The Labute approximate surface area is 116 Å². The highest BCUT2D eigenvalue weighted by molar-refractivity contribution is 5.27. The number of hydrogen-bond acceptors (Lipinski definition) is 2. The lowest BCUT2D eigenvalue weighted by Gasteiger charge is -2.43. The van der Waals surface area contributed by atoms with Crippen molar-refractivity contribution in [3.8, 4) is 0 Å². The van der Waals surface area contributed by atoms with Gasteiger partial charge in [-0.3, -0.25) is 0 Å². The Morgan fingerprint density at radius 3 is 2.26 bits per heavy atom. The van der Waals surface area contributed by atoms with E-state index < -0.39 is 6.10 Å². The largest absolute Gasteiger partial charge is 0.391 e. The van der Waals surface area contributed by atoms with Crippen molar-refractivity contribution < 1.29 is 9.50 Å². The van der Waals surface area contributed by atoms with Gasteiger partial charge in [0, 0.05) is 12.0 Å². The van der Waals surface area contributed by atoms with Crippen LogP contribution in [0.25, 0.3) is 0 Å². The number of benzene rings is 1. The highest BCUT2D eigenvalue weighted by Gasteiger charge is 2.36. The van der Waals surface area contributed by atoms with Crippen LogP contribution in [-0.4, -0.2) is 35.7 Å². The molecule has 1 atom stereocenters. The first-order valence-electron chi connectivity index (χ1n) is 6.98. The highest BCUT2D eigenvalue weighted by atomic mass is 19.1. The van der Waals surface area contributed by atoms with Crippen molar-refractivity contribution in [2.45, 2.75) is 51.7 Å². The number of halogens is 1. The summed E-state index contributed by atoms with van der Waals surface area (Å²) in [6, 6.07) is 4.77. The summed E-state index contributed by atoms with van der Waals surface area (Å²) in [4.78, 5) is 2.11. The van der Waals surface area contributed by atoms with Crippen LogP contribution in [0.15, 0.2) is 18.2 Å². The van der Waals surface area contributed by atoms with E-state index in [4.69, 9.17) is 0 Å². The molecule has 1 unspecified atom stereocenters. The van der Waals surface area contributed by atoms with Crippen LogP contribution in [0.3, 0.4) is 0 Å². The van der Waals surface area contributed by atoms with Gasteiger partial charge in [0.15, 0.2) is 0 Å². The molecule has 0 spiro atoms. The highest BCUT2D eigenvalue weighted by Crippen LogP contribution is 2.28. The third-order valence-electron chi connectivity index (χ3n) is 4.45. The molecule has 0 heterocycles. The van der Waals surface area contributed by atoms with Crippen molar-refractivity contribution in [3.63, 3.8) is 0 Å². The summed E-state index contributed by atoms with van der Waals surface area (Å²) in [6.45, 7) is 6.09. The maximum Gasteiger partial charge on any atom is 0.123 e. The molecule has 19 heavy (non-hydrogen) atoms. The molecule has 3 heteroatoms. The van der Waals surface area contributed by atoms with Crippen LogP contribution < -0.4 is 0 Å². The van der Waals surface area contributed by atoms with Crippen molar-refractivity contribution in [2.75, 3.05) is 14.1 Å². The summed E-state index contributed by atoms with van der Waals surface area (Å²) in [6.07, 6.45) is 1.88. The smallest absolute Gasteiger partial charge is 0.123 e. The van der Waals surface area contributed by atoms with Crippen LogP contribution in [0, 0.1) is 12.7 Å². The molecular weight excluding hydrogens is 241 g/mol. The van der Waals surface area contributed by atoms with Crippen LogP contribution in [0.4, 0.5) is 4.39 Å². The number of aryl methyl sites for hydroxylation is 1. The lowest BCUT2D eigenvalue weighted by molar-refractivity contribution is -0.0126. The first kappa shape index (κ1) is 16.1. The number of aliphatic hydroxyl groups is 1. The Balaban J connectivity index is 2.96. The Morgan fingerprint density at radius 1 is 1.26 bits per heavy atom. The monoisotopic (exact) mass is 267 g/mol. The summed E-state index contributed by atoms with van der Waals surface area (Å²) in [5, 5.41) is 10.6. The van der Waals surface area contributed by atoms with E-state index in [0.717, 1.165) is 24.0 Å². The molecule has 2 nitrogen and oxygen atoms in total. The molecule has 0 fully saturated rings. The molecule has 0 bridgehead atoms. The van der Waals surface area contributed by atoms with Crippen molar-refractivity contribution >= 4 is 0 Å². The van der Waals surface area contributed by atoms with Crippen LogP contribution in [-0.2, 0) is 6.42 Å². The Morgan fingerprint density at radius 2 is 1.84 bits per heavy atom. The molecular formula is C16H26FNO. The average Bonchev–Trinajstić information content (AvgIpc) is 2.34. The first-order valence-corrected chi connectivity index (χ1v) is 6.98. The molecule has 0 aliphatic heterocycles. The maximum absolute atomic E-state index is 13.1. The number of likely N-dealkylation sites (N-methyl/N-ethyl adjacent to an activating group) is 1. The van der Waals surface area contributed by atoms with E-state index >= 15 is 0 Å². The second-order valence-electron chi connectivity index (χ2n) is 5.50. The van der Waals surface area contributed by atoms with Gasteiger partial charge in [0.25, 0.3) is 0 Å². The minimum atomic E-state index is -0.457. The van der Waals surface area contributed by atoms with Crippen LogP contribution >= 0.6 is 0 Å². The van der Waals surface area contributed by atoms with Crippen LogP contribution in [0.2, 0.25) is 0 Å². The van der Waals surface area contributed by atoms with E-state index in [-0.39, 0.29) is 11.4 Å². The zero-order valence-electron chi connectivity index (χ0n) is 12.7. The van der Waals surface area contributed by atoms with Crippen molar-refractivity contribution in [3.05, 3.63) is 35.1 Å². The third kappa shape index (κ3) is 3.34. The third-order valence-corrected chi connectivity index (χ3v) is 4.45. The minimum Gasteiger partial charge on any atom is -0.391 e. The normalized spacial score (nSPS) is 13.9. The van der Waals surface area contributed by atoms with Gasteiger partial charge in [-0.15, -0.1) is 0 Å².